The van der Waals surface area contributed by atoms with Gasteiger partial charge in [0.25, 0.3) is 0 Å². The lowest BCUT2D eigenvalue weighted by atomic mass is 10.2. The monoisotopic (exact) mass is 254 g/mol. The Kier molecular flexibility index (Phi) is 6.93. The second-order valence-electron chi connectivity index (χ2n) is 4.60. The van der Waals surface area contributed by atoms with Crippen LogP contribution in [0.15, 0.2) is 6.20 Å². The van der Waals surface area contributed by atoms with Crippen LogP contribution >= 0.6 is 0 Å². The quantitative estimate of drug-likeness (QED) is 0.657. The fourth-order valence-electron chi connectivity index (χ4n) is 1.88. The van der Waals surface area contributed by atoms with Crippen LogP contribution in [0.25, 0.3) is 0 Å². The van der Waals surface area contributed by atoms with Gasteiger partial charge in [-0.2, -0.15) is 5.10 Å². The second kappa shape index (κ2) is 8.24. The van der Waals surface area contributed by atoms with Gasteiger partial charge in [0, 0.05) is 52.1 Å². The van der Waals surface area contributed by atoms with Crippen LogP contribution in [0.2, 0.25) is 0 Å². The Morgan fingerprint density at radius 2 is 2.22 bits per heavy atom. The molecule has 1 heterocycles. The zero-order valence-corrected chi connectivity index (χ0v) is 12.1. The minimum atomic E-state index is 0.791. The molecule has 1 N–H and O–H groups in total. The van der Waals surface area contributed by atoms with E-state index >= 15 is 0 Å². The van der Waals surface area contributed by atoms with Gasteiger partial charge < -0.3 is 15.0 Å². The van der Waals surface area contributed by atoms with Gasteiger partial charge in [-0.1, -0.05) is 6.92 Å². The van der Waals surface area contributed by atoms with E-state index in [0.29, 0.717) is 0 Å². The largest absolute Gasteiger partial charge is 0.383 e. The third-order valence-corrected chi connectivity index (χ3v) is 2.99. The molecule has 1 aromatic heterocycles. The number of likely N-dealkylation sites (N-methyl/N-ethyl adjacent to an activating group) is 1. The summed E-state index contributed by atoms with van der Waals surface area (Å²) in [6, 6.07) is 0. The van der Waals surface area contributed by atoms with Crippen molar-refractivity contribution in [1.82, 2.24) is 20.0 Å². The lowest BCUT2D eigenvalue weighted by Crippen LogP contribution is -2.31. The molecule has 1 rings (SSSR count). The summed E-state index contributed by atoms with van der Waals surface area (Å²) in [7, 11) is 5.82. The summed E-state index contributed by atoms with van der Waals surface area (Å²) in [5.74, 6) is 0. The van der Waals surface area contributed by atoms with Gasteiger partial charge in [-0.15, -0.1) is 0 Å². The molecule has 5 nitrogen and oxygen atoms in total. The first-order chi connectivity index (χ1) is 8.67. The Balaban J connectivity index is 2.21. The average molecular weight is 254 g/mol. The van der Waals surface area contributed by atoms with E-state index in [1.807, 2.05) is 11.7 Å². The van der Waals surface area contributed by atoms with Gasteiger partial charge in [-0.05, 0) is 13.5 Å². The third kappa shape index (κ3) is 5.16. The molecular weight excluding hydrogens is 228 g/mol. The Morgan fingerprint density at radius 1 is 1.44 bits per heavy atom. The highest BCUT2D eigenvalue weighted by Crippen LogP contribution is 2.06. The molecule has 18 heavy (non-hydrogen) atoms. The van der Waals surface area contributed by atoms with Gasteiger partial charge in [0.15, 0.2) is 0 Å². The number of hydrogen-bond donors (Lipinski definition) is 1. The van der Waals surface area contributed by atoms with Crippen LogP contribution in [0.1, 0.15) is 18.2 Å². The summed E-state index contributed by atoms with van der Waals surface area (Å²) < 4.78 is 6.94. The molecule has 0 saturated carbocycles. The Morgan fingerprint density at radius 3 is 2.89 bits per heavy atom. The topological polar surface area (TPSA) is 42.3 Å². The number of methoxy groups -OCH3 is 1. The van der Waals surface area contributed by atoms with Gasteiger partial charge in [0.2, 0.25) is 0 Å². The maximum absolute atomic E-state index is 5.05. The molecule has 0 aliphatic rings. The predicted molar refractivity (Wildman–Crippen MR) is 73.7 cm³/mol. The molecule has 0 radical (unpaired) electrons. The molecule has 104 valence electrons. The van der Waals surface area contributed by atoms with Crippen LogP contribution in [0, 0.1) is 0 Å². The Bertz CT molecular complexity index is 338. The first-order valence-corrected chi connectivity index (χ1v) is 6.57. The smallest absolute Gasteiger partial charge is 0.0666 e. The lowest BCUT2D eigenvalue weighted by Gasteiger charge is -2.16. The minimum Gasteiger partial charge on any atom is -0.383 e. The Hall–Kier alpha value is -0.910. The standard InChI is InChI=1S/C13H26N4O/c1-5-13-12(11-17(3)15-13)10-14-6-7-16(2)8-9-18-4/h11,14H,5-10H2,1-4H3. The van der Waals surface area contributed by atoms with E-state index in [-0.39, 0.29) is 0 Å². The van der Waals surface area contributed by atoms with Gasteiger partial charge in [0.1, 0.15) is 0 Å². The SMILES string of the molecule is CCc1nn(C)cc1CNCCN(C)CCOC. The molecule has 0 aromatic carbocycles. The van der Waals surface area contributed by atoms with E-state index in [0.717, 1.165) is 39.2 Å². The highest BCUT2D eigenvalue weighted by Gasteiger charge is 2.05. The van der Waals surface area contributed by atoms with Crippen molar-refractivity contribution >= 4 is 0 Å². The number of hydrogen-bond acceptors (Lipinski definition) is 4. The highest BCUT2D eigenvalue weighted by atomic mass is 16.5. The van der Waals surface area contributed by atoms with Gasteiger partial charge in [-0.25, -0.2) is 0 Å². The number of nitrogens with one attached hydrogen (secondary N) is 1. The van der Waals surface area contributed by atoms with Crippen LogP contribution in [0.3, 0.4) is 0 Å². The van der Waals surface area contributed by atoms with Crippen molar-refractivity contribution < 1.29 is 4.74 Å². The van der Waals surface area contributed by atoms with Crippen molar-refractivity contribution in [1.29, 1.82) is 0 Å². The molecule has 0 aliphatic carbocycles. The summed E-state index contributed by atoms with van der Waals surface area (Å²) in [6.45, 7) is 6.83. The third-order valence-electron chi connectivity index (χ3n) is 2.99. The number of aryl methyl sites for hydroxylation is 2. The second-order valence-corrected chi connectivity index (χ2v) is 4.60. The number of rotatable bonds is 9. The first kappa shape index (κ1) is 15.1. The summed E-state index contributed by atoms with van der Waals surface area (Å²) in [5.41, 5.74) is 2.50. The van der Waals surface area contributed by atoms with Gasteiger partial charge in [-0.3, -0.25) is 4.68 Å². The maximum Gasteiger partial charge on any atom is 0.0666 e. The van der Waals surface area contributed by atoms with Crippen LogP contribution in [-0.2, 0) is 24.8 Å². The van der Waals surface area contributed by atoms with E-state index in [1.165, 1.54) is 11.3 Å². The predicted octanol–water partition coefficient (Wildman–Crippen LogP) is 0.650. The Labute approximate surface area is 110 Å². The van der Waals surface area contributed by atoms with Crippen LogP contribution in [-0.4, -0.2) is 55.1 Å². The first-order valence-electron chi connectivity index (χ1n) is 6.57. The molecule has 0 spiro atoms. The van der Waals surface area contributed by atoms with Crippen molar-refractivity contribution in [2.24, 2.45) is 7.05 Å². The molecule has 0 saturated heterocycles. The van der Waals surface area contributed by atoms with E-state index < -0.39 is 0 Å². The van der Waals surface area contributed by atoms with Crippen molar-refractivity contribution in [3.05, 3.63) is 17.5 Å². The van der Waals surface area contributed by atoms with Crippen LogP contribution < -0.4 is 5.32 Å². The van der Waals surface area contributed by atoms with Crippen LogP contribution in [0.5, 0.6) is 0 Å². The average Bonchev–Trinajstić information content (AvgIpc) is 2.72. The zero-order valence-electron chi connectivity index (χ0n) is 12.1. The summed E-state index contributed by atoms with van der Waals surface area (Å²) in [6.07, 6.45) is 3.09. The fraction of sp³-hybridized carbons (Fsp3) is 0.769. The van der Waals surface area contributed by atoms with Crippen molar-refractivity contribution in [3.8, 4) is 0 Å². The molecule has 0 atom stereocenters. The maximum atomic E-state index is 5.05. The molecule has 5 heteroatoms. The summed E-state index contributed by atoms with van der Waals surface area (Å²) >= 11 is 0. The zero-order chi connectivity index (χ0) is 13.4. The number of ether oxygens (including phenoxy) is 1. The number of aromatic nitrogens is 2. The normalized spacial score (nSPS) is 11.4. The van der Waals surface area contributed by atoms with Crippen LogP contribution in [0.4, 0.5) is 0 Å². The highest BCUT2D eigenvalue weighted by molar-refractivity contribution is 5.16. The molecule has 0 unspecified atom stereocenters. The summed E-state index contributed by atoms with van der Waals surface area (Å²) in [4.78, 5) is 2.26. The molecule has 0 amide bonds. The van der Waals surface area contributed by atoms with Crippen molar-refractivity contribution in [2.75, 3.05) is 40.4 Å². The van der Waals surface area contributed by atoms with E-state index in [4.69, 9.17) is 4.74 Å². The van der Waals surface area contributed by atoms with E-state index in [1.54, 1.807) is 7.11 Å². The number of nitrogens with zero attached hydrogens (tertiary/aromatic N) is 3. The minimum absolute atomic E-state index is 0.791. The van der Waals surface area contributed by atoms with E-state index in [9.17, 15) is 0 Å². The molecule has 1 aromatic rings. The van der Waals surface area contributed by atoms with Gasteiger partial charge >= 0.3 is 0 Å². The molecule has 0 aliphatic heterocycles. The molecule has 0 bridgehead atoms. The molecular formula is C13H26N4O. The van der Waals surface area contributed by atoms with Crippen molar-refractivity contribution in [2.45, 2.75) is 19.9 Å². The van der Waals surface area contributed by atoms with Crippen molar-refractivity contribution in [3.63, 3.8) is 0 Å². The molecule has 0 fully saturated rings. The fourth-order valence-corrected chi connectivity index (χ4v) is 1.88. The van der Waals surface area contributed by atoms with E-state index in [2.05, 4.69) is 35.5 Å². The lowest BCUT2D eigenvalue weighted by molar-refractivity contribution is 0.161. The summed E-state index contributed by atoms with van der Waals surface area (Å²) in [5, 5.41) is 7.89. The van der Waals surface area contributed by atoms with Gasteiger partial charge in [0.05, 0.1) is 12.3 Å².